The first-order valence-electron chi connectivity index (χ1n) is 3.94. The summed E-state index contributed by atoms with van der Waals surface area (Å²) in [4.78, 5) is 0. The van der Waals surface area contributed by atoms with E-state index in [4.69, 9.17) is 0 Å². The number of benzene rings is 1. The average Bonchev–Trinajstić information content (AvgIpc) is 1.99. The summed E-state index contributed by atoms with van der Waals surface area (Å²) in [5.41, 5.74) is 4.07. The lowest BCUT2D eigenvalue weighted by atomic mass is 10.0. The maximum absolute atomic E-state index is 2.16. The fourth-order valence-electron chi connectivity index (χ4n) is 1.13. The van der Waals surface area contributed by atoms with Crippen LogP contribution in [0.1, 0.15) is 23.6 Å². The molecule has 1 aromatic carbocycles. The normalized spacial score (nSPS) is 10.8. The van der Waals surface area contributed by atoms with Gasteiger partial charge in [0.2, 0.25) is 0 Å². The molecule has 0 saturated heterocycles. The molecule has 11 heavy (non-hydrogen) atoms. The van der Waals surface area contributed by atoms with Crippen LogP contribution >= 0.6 is 0 Å². The van der Waals surface area contributed by atoms with Crippen molar-refractivity contribution in [3.8, 4) is 0 Å². The highest BCUT2D eigenvalue weighted by atomic mass is 14.0. The Morgan fingerprint density at radius 3 is 2.55 bits per heavy atom. The smallest absolute Gasteiger partial charge is 0.0228 e. The highest BCUT2D eigenvalue weighted by Gasteiger charge is 1.94. The predicted octanol–water partition coefficient (Wildman–Crippen LogP) is 3.34. The van der Waals surface area contributed by atoms with Crippen LogP contribution in [0.15, 0.2) is 24.3 Å². The van der Waals surface area contributed by atoms with Gasteiger partial charge in [-0.05, 0) is 37.5 Å². The molecule has 0 heterocycles. The van der Waals surface area contributed by atoms with Crippen LogP contribution in [0.25, 0.3) is 6.08 Å². The van der Waals surface area contributed by atoms with Gasteiger partial charge in [-0.2, -0.15) is 0 Å². The van der Waals surface area contributed by atoms with Crippen molar-refractivity contribution in [3.05, 3.63) is 41.0 Å². The minimum absolute atomic E-state index is 1.33. The Balaban J connectivity index is 3.16. The molecule has 0 nitrogen and oxygen atoms in total. The Kier molecular flexibility index (Phi) is 2.48. The third-order valence-electron chi connectivity index (χ3n) is 1.99. The van der Waals surface area contributed by atoms with E-state index in [0.717, 1.165) is 0 Å². The van der Waals surface area contributed by atoms with Crippen molar-refractivity contribution in [1.82, 2.24) is 0 Å². The lowest BCUT2D eigenvalue weighted by Gasteiger charge is -2.02. The molecule has 0 atom stereocenters. The molecule has 1 aromatic rings. The van der Waals surface area contributed by atoms with Crippen LogP contribution in [0.2, 0.25) is 0 Å². The molecule has 58 valence electrons. The van der Waals surface area contributed by atoms with Gasteiger partial charge in [0.25, 0.3) is 0 Å². The van der Waals surface area contributed by atoms with Gasteiger partial charge in [0, 0.05) is 0 Å². The highest BCUT2D eigenvalue weighted by Crippen LogP contribution is 2.13. The summed E-state index contributed by atoms with van der Waals surface area (Å²) in [7, 11) is 0. The second-order valence-corrected chi connectivity index (χ2v) is 2.79. The van der Waals surface area contributed by atoms with Crippen LogP contribution in [-0.2, 0) is 0 Å². The van der Waals surface area contributed by atoms with Crippen LogP contribution in [-0.4, -0.2) is 0 Å². The molecule has 0 spiro atoms. The Labute approximate surface area is 68.6 Å². The fraction of sp³-hybridized carbons (Fsp3) is 0.273. The zero-order valence-electron chi connectivity index (χ0n) is 7.39. The van der Waals surface area contributed by atoms with Crippen molar-refractivity contribution in [1.29, 1.82) is 0 Å². The van der Waals surface area contributed by atoms with E-state index in [1.807, 2.05) is 6.92 Å². The molecular formula is C11H14. The van der Waals surface area contributed by atoms with Gasteiger partial charge in [-0.3, -0.25) is 0 Å². The van der Waals surface area contributed by atoms with Crippen molar-refractivity contribution >= 4 is 6.08 Å². The van der Waals surface area contributed by atoms with Gasteiger partial charge < -0.3 is 0 Å². The number of aryl methyl sites for hydroxylation is 1. The number of allylic oxidation sites excluding steroid dienone is 1. The standard InChI is InChI=1S/C11H14/c1-4-6-11-8-5-7-9(2)10(11)3/h4-8H,1-3H3. The summed E-state index contributed by atoms with van der Waals surface area (Å²) in [6.45, 7) is 6.34. The summed E-state index contributed by atoms with van der Waals surface area (Å²) in [6, 6.07) is 6.38. The zero-order chi connectivity index (χ0) is 8.27. The first kappa shape index (κ1) is 8.06. The fourth-order valence-corrected chi connectivity index (χ4v) is 1.13. The lowest BCUT2D eigenvalue weighted by molar-refractivity contribution is 1.32. The van der Waals surface area contributed by atoms with E-state index in [0.29, 0.717) is 0 Å². The molecule has 0 N–H and O–H groups in total. The second kappa shape index (κ2) is 3.38. The molecule has 0 amide bonds. The van der Waals surface area contributed by atoms with Gasteiger partial charge in [-0.1, -0.05) is 30.4 Å². The minimum Gasteiger partial charge on any atom is -0.0871 e. The van der Waals surface area contributed by atoms with Crippen LogP contribution in [0.4, 0.5) is 0 Å². The molecule has 1 rings (SSSR count). The van der Waals surface area contributed by atoms with E-state index in [1.165, 1.54) is 16.7 Å². The lowest BCUT2D eigenvalue weighted by Crippen LogP contribution is -1.83. The molecule has 0 heteroatoms. The van der Waals surface area contributed by atoms with E-state index in [1.54, 1.807) is 0 Å². The number of hydrogen-bond acceptors (Lipinski definition) is 0. The predicted molar refractivity (Wildman–Crippen MR) is 50.6 cm³/mol. The topological polar surface area (TPSA) is 0 Å². The molecule has 0 saturated carbocycles. The number of rotatable bonds is 1. The quantitative estimate of drug-likeness (QED) is 0.570. The largest absolute Gasteiger partial charge is 0.0871 e. The van der Waals surface area contributed by atoms with Crippen LogP contribution < -0.4 is 0 Å². The van der Waals surface area contributed by atoms with Crippen molar-refractivity contribution in [2.45, 2.75) is 20.8 Å². The van der Waals surface area contributed by atoms with Gasteiger partial charge in [0.15, 0.2) is 0 Å². The summed E-state index contributed by atoms with van der Waals surface area (Å²) in [5, 5.41) is 0. The van der Waals surface area contributed by atoms with Gasteiger partial charge >= 0.3 is 0 Å². The van der Waals surface area contributed by atoms with Crippen LogP contribution in [0.5, 0.6) is 0 Å². The molecule has 0 aromatic heterocycles. The Morgan fingerprint density at radius 2 is 1.91 bits per heavy atom. The second-order valence-electron chi connectivity index (χ2n) is 2.79. The zero-order valence-corrected chi connectivity index (χ0v) is 7.39. The summed E-state index contributed by atoms with van der Waals surface area (Å²) < 4.78 is 0. The third kappa shape index (κ3) is 1.70. The van der Waals surface area contributed by atoms with Crippen LogP contribution in [0, 0.1) is 13.8 Å². The summed E-state index contributed by atoms with van der Waals surface area (Å²) in [6.07, 6.45) is 4.21. The first-order valence-corrected chi connectivity index (χ1v) is 3.94. The number of hydrogen-bond donors (Lipinski definition) is 0. The Morgan fingerprint density at radius 1 is 1.18 bits per heavy atom. The maximum Gasteiger partial charge on any atom is -0.0228 e. The Hall–Kier alpha value is -1.04. The van der Waals surface area contributed by atoms with E-state index >= 15 is 0 Å². The first-order chi connectivity index (χ1) is 5.25. The maximum atomic E-state index is 2.16. The monoisotopic (exact) mass is 146 g/mol. The highest BCUT2D eigenvalue weighted by molar-refractivity contribution is 5.54. The van der Waals surface area contributed by atoms with E-state index in [2.05, 4.69) is 44.2 Å². The minimum atomic E-state index is 1.33. The van der Waals surface area contributed by atoms with Crippen molar-refractivity contribution in [2.75, 3.05) is 0 Å². The van der Waals surface area contributed by atoms with E-state index in [9.17, 15) is 0 Å². The van der Waals surface area contributed by atoms with Gasteiger partial charge in [-0.25, -0.2) is 0 Å². The van der Waals surface area contributed by atoms with Crippen molar-refractivity contribution in [3.63, 3.8) is 0 Å². The van der Waals surface area contributed by atoms with Gasteiger partial charge in [-0.15, -0.1) is 0 Å². The Bertz CT molecular complexity index is 269. The van der Waals surface area contributed by atoms with Gasteiger partial charge in [0.1, 0.15) is 0 Å². The molecule has 0 fully saturated rings. The van der Waals surface area contributed by atoms with Crippen molar-refractivity contribution < 1.29 is 0 Å². The van der Waals surface area contributed by atoms with Crippen molar-refractivity contribution in [2.24, 2.45) is 0 Å². The molecule has 0 bridgehead atoms. The molecule has 0 aliphatic heterocycles. The molecule has 0 radical (unpaired) electrons. The summed E-state index contributed by atoms with van der Waals surface area (Å²) >= 11 is 0. The third-order valence-corrected chi connectivity index (χ3v) is 1.99. The average molecular weight is 146 g/mol. The molecule has 0 unspecified atom stereocenters. The SMILES string of the molecule is CC=Cc1cccc(C)c1C. The molecular weight excluding hydrogens is 132 g/mol. The van der Waals surface area contributed by atoms with Crippen LogP contribution in [0.3, 0.4) is 0 Å². The van der Waals surface area contributed by atoms with E-state index < -0.39 is 0 Å². The summed E-state index contributed by atoms with van der Waals surface area (Å²) in [5.74, 6) is 0. The van der Waals surface area contributed by atoms with E-state index in [-0.39, 0.29) is 0 Å². The molecule has 0 aliphatic carbocycles. The molecule has 0 aliphatic rings. The van der Waals surface area contributed by atoms with Gasteiger partial charge in [0.05, 0.1) is 0 Å².